The number of urea groups is 1. The number of anilines is 2. The van der Waals surface area contributed by atoms with E-state index in [0.29, 0.717) is 21.8 Å². The van der Waals surface area contributed by atoms with Crippen LogP contribution in [0.2, 0.25) is 0 Å². The van der Waals surface area contributed by atoms with Crippen LogP contribution in [0.1, 0.15) is 10.5 Å². The van der Waals surface area contributed by atoms with Gasteiger partial charge in [-0.3, -0.25) is 9.36 Å². The monoisotopic (exact) mass is 367 g/mol. The molecular formula is C18H17N5O2S. The molecule has 0 aliphatic heterocycles. The van der Waals surface area contributed by atoms with Gasteiger partial charge in [-0.05, 0) is 48.6 Å². The largest absolute Gasteiger partial charge is 0.341 e. The number of H-pyrrole nitrogens is 1. The van der Waals surface area contributed by atoms with E-state index in [4.69, 9.17) is 12.2 Å². The number of para-hydroxylation sites is 1. The molecule has 7 nitrogen and oxygen atoms in total. The molecule has 0 radical (unpaired) electrons. The standard InChI is InChI=1S/C18H17N5O2S/c1-19-17(25)22-13-9-7-12(8-10-13)21-16(24)15-11-20-18(26)23(15)14-5-3-2-4-6-14/h2-11H,1H3,(H,20,26)(H,21,24)(H2,19,22,25). The maximum absolute atomic E-state index is 12.7. The van der Waals surface area contributed by atoms with Gasteiger partial charge < -0.3 is 20.9 Å². The Labute approximate surface area is 155 Å². The molecule has 0 saturated carbocycles. The highest BCUT2D eigenvalue weighted by molar-refractivity contribution is 7.71. The van der Waals surface area contributed by atoms with E-state index in [1.165, 1.54) is 7.05 Å². The van der Waals surface area contributed by atoms with Gasteiger partial charge >= 0.3 is 6.03 Å². The fourth-order valence-corrected chi connectivity index (χ4v) is 2.66. The molecule has 26 heavy (non-hydrogen) atoms. The van der Waals surface area contributed by atoms with Crippen LogP contribution in [0.25, 0.3) is 5.69 Å². The summed E-state index contributed by atoms with van der Waals surface area (Å²) in [5.41, 5.74) is 2.42. The van der Waals surface area contributed by atoms with E-state index in [2.05, 4.69) is 20.9 Å². The summed E-state index contributed by atoms with van der Waals surface area (Å²) < 4.78 is 2.11. The van der Waals surface area contributed by atoms with Gasteiger partial charge in [0.15, 0.2) is 4.77 Å². The van der Waals surface area contributed by atoms with E-state index in [1.807, 2.05) is 30.3 Å². The van der Waals surface area contributed by atoms with Gasteiger partial charge in [-0.15, -0.1) is 0 Å². The number of hydrogen-bond donors (Lipinski definition) is 4. The van der Waals surface area contributed by atoms with Crippen LogP contribution >= 0.6 is 12.2 Å². The molecule has 3 aromatic rings. The van der Waals surface area contributed by atoms with Crippen molar-refractivity contribution in [2.45, 2.75) is 0 Å². The van der Waals surface area contributed by atoms with Crippen molar-refractivity contribution in [2.75, 3.05) is 17.7 Å². The summed E-state index contributed by atoms with van der Waals surface area (Å²) in [6.45, 7) is 0. The fourth-order valence-electron chi connectivity index (χ4n) is 2.39. The van der Waals surface area contributed by atoms with E-state index in [1.54, 1.807) is 35.0 Å². The number of benzene rings is 2. The molecule has 0 fully saturated rings. The van der Waals surface area contributed by atoms with Crippen LogP contribution < -0.4 is 16.0 Å². The first-order valence-electron chi connectivity index (χ1n) is 7.84. The topological polar surface area (TPSA) is 91.0 Å². The van der Waals surface area contributed by atoms with Gasteiger partial charge in [-0.1, -0.05) is 18.2 Å². The third-order valence-corrected chi connectivity index (χ3v) is 3.95. The number of aromatic amines is 1. The summed E-state index contributed by atoms with van der Waals surface area (Å²) in [5.74, 6) is -0.298. The third-order valence-electron chi connectivity index (χ3n) is 3.65. The first kappa shape index (κ1) is 17.4. The molecule has 0 spiro atoms. The third kappa shape index (κ3) is 3.81. The number of nitrogens with one attached hydrogen (secondary N) is 4. The normalized spacial score (nSPS) is 10.2. The predicted octanol–water partition coefficient (Wildman–Crippen LogP) is 3.54. The molecule has 0 aliphatic rings. The number of hydrogen-bond acceptors (Lipinski definition) is 3. The Morgan fingerprint density at radius 1 is 0.962 bits per heavy atom. The molecule has 2 aromatic carbocycles. The number of nitrogens with zero attached hydrogens (tertiary/aromatic N) is 1. The van der Waals surface area contributed by atoms with E-state index >= 15 is 0 Å². The van der Waals surface area contributed by atoms with Crippen molar-refractivity contribution in [3.63, 3.8) is 0 Å². The maximum Gasteiger partial charge on any atom is 0.318 e. The molecule has 4 N–H and O–H groups in total. The molecule has 3 amide bonds. The van der Waals surface area contributed by atoms with Gasteiger partial charge in [0.25, 0.3) is 5.91 Å². The van der Waals surface area contributed by atoms with Gasteiger partial charge in [-0.2, -0.15) is 0 Å². The first-order chi connectivity index (χ1) is 12.6. The van der Waals surface area contributed by atoms with E-state index in [0.717, 1.165) is 5.69 Å². The van der Waals surface area contributed by atoms with Crippen LogP contribution in [-0.4, -0.2) is 28.5 Å². The quantitative estimate of drug-likeness (QED) is 0.532. The van der Waals surface area contributed by atoms with Crippen molar-refractivity contribution < 1.29 is 9.59 Å². The van der Waals surface area contributed by atoms with Crippen LogP contribution in [-0.2, 0) is 0 Å². The van der Waals surface area contributed by atoms with Crippen molar-refractivity contribution in [3.8, 4) is 5.69 Å². The van der Waals surface area contributed by atoms with Crippen molar-refractivity contribution in [1.82, 2.24) is 14.9 Å². The van der Waals surface area contributed by atoms with E-state index in [9.17, 15) is 9.59 Å². The second kappa shape index (κ2) is 7.66. The smallest absolute Gasteiger partial charge is 0.318 e. The summed E-state index contributed by atoms with van der Waals surface area (Å²) in [5, 5.41) is 7.94. The molecule has 0 saturated heterocycles. The number of aromatic nitrogens is 2. The fraction of sp³-hybridized carbons (Fsp3) is 0.0556. The molecule has 1 aromatic heterocycles. The Bertz CT molecular complexity index is 977. The van der Waals surface area contributed by atoms with Gasteiger partial charge in [0.1, 0.15) is 5.69 Å². The summed E-state index contributed by atoms with van der Waals surface area (Å²) in [7, 11) is 1.54. The second-order valence-corrected chi connectivity index (χ2v) is 5.77. The summed E-state index contributed by atoms with van der Waals surface area (Å²) in [6.07, 6.45) is 1.58. The summed E-state index contributed by atoms with van der Waals surface area (Å²) in [4.78, 5) is 26.9. The molecule has 132 valence electrons. The number of carbonyl (C=O) groups is 2. The lowest BCUT2D eigenvalue weighted by Gasteiger charge is -2.10. The Kier molecular flexibility index (Phi) is 5.14. The zero-order valence-electron chi connectivity index (χ0n) is 13.9. The van der Waals surface area contributed by atoms with Crippen molar-refractivity contribution in [3.05, 3.63) is 71.3 Å². The first-order valence-corrected chi connectivity index (χ1v) is 8.25. The van der Waals surface area contributed by atoms with Crippen molar-refractivity contribution in [1.29, 1.82) is 0 Å². The molecule has 8 heteroatoms. The van der Waals surface area contributed by atoms with E-state index in [-0.39, 0.29) is 11.9 Å². The Morgan fingerprint density at radius 3 is 2.19 bits per heavy atom. The molecule has 1 heterocycles. The van der Waals surface area contributed by atoms with Gasteiger partial charge in [0.05, 0.1) is 0 Å². The molecule has 0 aliphatic carbocycles. The van der Waals surface area contributed by atoms with Crippen LogP contribution in [0.4, 0.5) is 16.2 Å². The molecular weight excluding hydrogens is 350 g/mol. The summed E-state index contributed by atoms with van der Waals surface area (Å²) in [6, 6.07) is 15.9. The van der Waals surface area contributed by atoms with Crippen LogP contribution in [0, 0.1) is 4.77 Å². The molecule has 0 atom stereocenters. The zero-order chi connectivity index (χ0) is 18.5. The highest BCUT2D eigenvalue weighted by atomic mass is 32.1. The van der Waals surface area contributed by atoms with Gasteiger partial charge in [0, 0.05) is 30.3 Å². The highest BCUT2D eigenvalue weighted by Crippen LogP contribution is 2.17. The van der Waals surface area contributed by atoms with Gasteiger partial charge in [-0.25, -0.2) is 4.79 Å². The Morgan fingerprint density at radius 2 is 1.58 bits per heavy atom. The average molecular weight is 367 g/mol. The number of imidazole rings is 1. The molecule has 0 bridgehead atoms. The number of carbonyl (C=O) groups excluding carboxylic acids is 2. The maximum atomic E-state index is 12.7. The highest BCUT2D eigenvalue weighted by Gasteiger charge is 2.14. The molecule has 0 unspecified atom stereocenters. The van der Waals surface area contributed by atoms with Crippen LogP contribution in [0.3, 0.4) is 0 Å². The van der Waals surface area contributed by atoms with Crippen molar-refractivity contribution >= 4 is 35.5 Å². The lowest BCUT2D eigenvalue weighted by atomic mass is 10.2. The lowest BCUT2D eigenvalue weighted by molar-refractivity contribution is 0.102. The zero-order valence-corrected chi connectivity index (χ0v) is 14.8. The number of amides is 3. The molecule has 3 rings (SSSR count). The minimum atomic E-state index is -0.309. The summed E-state index contributed by atoms with van der Waals surface area (Å²) >= 11 is 5.29. The minimum Gasteiger partial charge on any atom is -0.341 e. The van der Waals surface area contributed by atoms with Crippen LogP contribution in [0.5, 0.6) is 0 Å². The SMILES string of the molecule is CNC(=O)Nc1ccc(NC(=O)c2c[nH]c(=S)n2-c2ccccc2)cc1. The van der Waals surface area contributed by atoms with E-state index < -0.39 is 0 Å². The predicted molar refractivity (Wildman–Crippen MR) is 103 cm³/mol. The average Bonchev–Trinajstić information content (AvgIpc) is 3.05. The minimum absolute atomic E-state index is 0.298. The number of rotatable bonds is 4. The lowest BCUT2D eigenvalue weighted by Crippen LogP contribution is -2.24. The van der Waals surface area contributed by atoms with Crippen molar-refractivity contribution in [2.24, 2.45) is 0 Å². The van der Waals surface area contributed by atoms with Gasteiger partial charge in [0.2, 0.25) is 0 Å². The second-order valence-electron chi connectivity index (χ2n) is 5.39. The van der Waals surface area contributed by atoms with Crippen LogP contribution in [0.15, 0.2) is 60.8 Å². The Balaban J connectivity index is 1.79. The Hall–Kier alpha value is -3.39.